The van der Waals surface area contributed by atoms with Crippen LogP contribution in [0.5, 0.6) is 51.7 Å². The van der Waals surface area contributed by atoms with E-state index in [1.807, 2.05) is 0 Å². The standard InChI is InChI=1S/C28H29N3O15/c29-31-30-8-20(39)25(43)24(42)19(38)5-11-13(32)7-14(33)12-6-21(45-28(44)10-3-17(36)23(41)18(37)4-10)26(46-27(11)12)9-1-15(34)22(40)16(35)2-9/h1-4,7,19-21,24-26,32-43H,5-6,8H2/t19-,20-,21-,24+,25+,26-/m0/s1. The summed E-state index contributed by atoms with van der Waals surface area (Å²) >= 11 is 0. The first kappa shape index (κ1) is 33.4. The van der Waals surface area contributed by atoms with Crippen LogP contribution in [0.3, 0.4) is 0 Å². The van der Waals surface area contributed by atoms with E-state index in [0.29, 0.717) is 0 Å². The first-order chi connectivity index (χ1) is 21.6. The quantitative estimate of drug-likeness (QED) is 0.0469. The van der Waals surface area contributed by atoms with Gasteiger partial charge in [-0.1, -0.05) is 5.11 Å². The van der Waals surface area contributed by atoms with Crippen LogP contribution in [0.2, 0.25) is 0 Å². The molecule has 3 aromatic rings. The second-order valence-electron chi connectivity index (χ2n) is 10.4. The summed E-state index contributed by atoms with van der Waals surface area (Å²) in [4.78, 5) is 15.5. The van der Waals surface area contributed by atoms with Crippen molar-refractivity contribution in [2.75, 3.05) is 6.54 Å². The van der Waals surface area contributed by atoms with Crippen LogP contribution in [-0.4, -0.2) is 104 Å². The van der Waals surface area contributed by atoms with E-state index in [1.165, 1.54) is 0 Å². The molecule has 4 rings (SSSR count). The van der Waals surface area contributed by atoms with Gasteiger partial charge in [-0.05, 0) is 29.8 Å². The molecule has 246 valence electrons. The first-order valence-corrected chi connectivity index (χ1v) is 13.3. The molecule has 6 atom stereocenters. The van der Waals surface area contributed by atoms with Crippen molar-refractivity contribution in [2.24, 2.45) is 5.11 Å². The number of fused-ring (bicyclic) bond motifs is 1. The Morgan fingerprint density at radius 1 is 0.826 bits per heavy atom. The number of hydrogen-bond acceptors (Lipinski definition) is 16. The zero-order valence-corrected chi connectivity index (χ0v) is 23.4. The molecule has 46 heavy (non-hydrogen) atoms. The Balaban J connectivity index is 1.75. The maximum atomic E-state index is 13.1. The molecule has 3 aromatic carbocycles. The summed E-state index contributed by atoms with van der Waals surface area (Å²) < 4.78 is 11.6. The number of aromatic hydroxyl groups is 8. The topological polar surface area (TPSA) is 327 Å². The van der Waals surface area contributed by atoms with Gasteiger partial charge < -0.3 is 70.8 Å². The molecule has 0 saturated carbocycles. The van der Waals surface area contributed by atoms with E-state index in [1.54, 1.807) is 0 Å². The molecule has 18 nitrogen and oxygen atoms in total. The van der Waals surface area contributed by atoms with Crippen molar-refractivity contribution in [2.45, 2.75) is 49.5 Å². The Kier molecular flexibility index (Phi) is 9.60. The lowest BCUT2D eigenvalue weighted by atomic mass is 9.89. The molecular weight excluding hydrogens is 618 g/mol. The van der Waals surface area contributed by atoms with Crippen molar-refractivity contribution < 1.29 is 75.5 Å². The van der Waals surface area contributed by atoms with Gasteiger partial charge in [0.05, 0.1) is 24.3 Å². The van der Waals surface area contributed by atoms with Gasteiger partial charge in [0, 0.05) is 40.5 Å². The predicted octanol–water partition coefficient (Wildman–Crippen LogP) is 0.530. The predicted molar refractivity (Wildman–Crippen MR) is 151 cm³/mol. The molecule has 0 bridgehead atoms. The zero-order valence-electron chi connectivity index (χ0n) is 23.4. The van der Waals surface area contributed by atoms with Crippen LogP contribution >= 0.6 is 0 Å². The molecule has 0 saturated heterocycles. The van der Waals surface area contributed by atoms with Crippen LogP contribution < -0.4 is 4.74 Å². The van der Waals surface area contributed by atoms with Crippen molar-refractivity contribution >= 4 is 5.97 Å². The lowest BCUT2D eigenvalue weighted by Gasteiger charge is -2.35. The van der Waals surface area contributed by atoms with E-state index in [9.17, 15) is 66.1 Å². The number of phenols is 8. The Morgan fingerprint density at radius 3 is 1.93 bits per heavy atom. The van der Waals surface area contributed by atoms with E-state index in [-0.39, 0.29) is 22.4 Å². The highest BCUT2D eigenvalue weighted by molar-refractivity contribution is 5.91. The number of aliphatic hydroxyl groups excluding tert-OH is 4. The second kappa shape index (κ2) is 13.2. The lowest BCUT2D eigenvalue weighted by molar-refractivity contribution is -0.102. The summed E-state index contributed by atoms with van der Waals surface area (Å²) in [5, 5.41) is 125. The summed E-state index contributed by atoms with van der Waals surface area (Å²) in [5.74, 6) is -7.84. The number of carbonyl (C=O) groups is 1. The summed E-state index contributed by atoms with van der Waals surface area (Å²) in [7, 11) is 0. The average Bonchev–Trinajstić information content (AvgIpc) is 3.01. The Labute approximate surface area is 257 Å². The number of rotatable bonds is 10. The van der Waals surface area contributed by atoms with Crippen LogP contribution in [0.25, 0.3) is 10.4 Å². The van der Waals surface area contributed by atoms with E-state index in [0.717, 1.165) is 30.3 Å². The van der Waals surface area contributed by atoms with Gasteiger partial charge in [0.15, 0.2) is 40.6 Å². The molecular formula is C28H29N3O15. The van der Waals surface area contributed by atoms with E-state index in [4.69, 9.17) is 15.0 Å². The van der Waals surface area contributed by atoms with Gasteiger partial charge in [-0.2, -0.15) is 0 Å². The second-order valence-corrected chi connectivity index (χ2v) is 10.4. The van der Waals surface area contributed by atoms with Crippen LogP contribution in [0, 0.1) is 0 Å². The minimum atomic E-state index is -2.05. The van der Waals surface area contributed by atoms with Crippen molar-refractivity contribution in [3.63, 3.8) is 0 Å². The molecule has 0 radical (unpaired) electrons. The van der Waals surface area contributed by atoms with Crippen molar-refractivity contribution in [1.82, 2.24) is 0 Å². The molecule has 0 aliphatic carbocycles. The van der Waals surface area contributed by atoms with Crippen LogP contribution in [0.15, 0.2) is 35.4 Å². The van der Waals surface area contributed by atoms with Gasteiger partial charge in [-0.25, -0.2) is 4.79 Å². The molecule has 0 unspecified atom stereocenters. The molecule has 0 amide bonds. The number of esters is 1. The highest BCUT2D eigenvalue weighted by Gasteiger charge is 2.40. The third kappa shape index (κ3) is 6.60. The van der Waals surface area contributed by atoms with Gasteiger partial charge in [0.25, 0.3) is 0 Å². The van der Waals surface area contributed by atoms with Gasteiger partial charge in [-0.15, -0.1) is 0 Å². The van der Waals surface area contributed by atoms with Crippen LogP contribution in [0.1, 0.15) is 33.2 Å². The third-order valence-electron chi connectivity index (χ3n) is 7.30. The summed E-state index contributed by atoms with van der Waals surface area (Å²) in [5.41, 5.74) is 7.52. The fourth-order valence-electron chi connectivity index (χ4n) is 4.88. The summed E-state index contributed by atoms with van der Waals surface area (Å²) in [6.45, 7) is -0.637. The number of benzene rings is 3. The number of carbonyl (C=O) groups excluding carboxylic acids is 1. The van der Waals surface area contributed by atoms with Crippen molar-refractivity contribution in [3.05, 3.63) is 63.0 Å². The minimum Gasteiger partial charge on any atom is -0.507 e. The highest BCUT2D eigenvalue weighted by Crippen LogP contribution is 2.48. The number of aliphatic hydroxyl groups is 4. The lowest BCUT2D eigenvalue weighted by Crippen LogP contribution is -2.46. The molecule has 1 aliphatic rings. The molecule has 0 aromatic heterocycles. The molecule has 12 N–H and O–H groups in total. The van der Waals surface area contributed by atoms with Gasteiger partial charge in [-0.3, -0.25) is 0 Å². The van der Waals surface area contributed by atoms with Gasteiger partial charge >= 0.3 is 5.97 Å². The number of hydrogen-bond donors (Lipinski definition) is 12. The number of ether oxygens (including phenoxy) is 2. The van der Waals surface area contributed by atoms with Crippen LogP contribution in [0.4, 0.5) is 0 Å². The fraction of sp³-hybridized carbons (Fsp3) is 0.321. The smallest absolute Gasteiger partial charge is 0.338 e. The summed E-state index contributed by atoms with van der Waals surface area (Å²) in [6.07, 6.45) is -11.7. The SMILES string of the molecule is [N-]=[N+]=NC[C@H](O)[C@@H](O)[C@H](O)[C@@H](O)Cc1c(O)cc(O)c2c1O[C@@H](c1cc(O)c(O)c(O)c1)[C@@H](OC(=O)c1cc(O)c(O)c(O)c1)C2. The maximum absolute atomic E-state index is 13.1. The van der Waals surface area contributed by atoms with Crippen molar-refractivity contribution in [3.8, 4) is 51.7 Å². The Morgan fingerprint density at radius 2 is 1.37 bits per heavy atom. The van der Waals surface area contributed by atoms with Crippen molar-refractivity contribution in [1.29, 1.82) is 0 Å². The van der Waals surface area contributed by atoms with E-state index >= 15 is 0 Å². The maximum Gasteiger partial charge on any atom is 0.338 e. The Hall–Kier alpha value is -5.52. The number of nitrogens with zero attached hydrogens (tertiary/aromatic N) is 3. The van der Waals surface area contributed by atoms with Crippen LogP contribution in [-0.2, 0) is 17.6 Å². The fourth-order valence-corrected chi connectivity index (χ4v) is 4.88. The Bertz CT molecular complexity index is 1650. The zero-order chi connectivity index (χ0) is 34.0. The van der Waals surface area contributed by atoms with Gasteiger partial charge in [0.1, 0.15) is 35.6 Å². The summed E-state index contributed by atoms with van der Waals surface area (Å²) in [6, 6.07) is 4.34. The third-order valence-corrected chi connectivity index (χ3v) is 7.30. The number of phenolic OH excluding ortho intramolecular Hbond substituents is 8. The normalized spacial score (nSPS) is 18.3. The molecule has 1 heterocycles. The monoisotopic (exact) mass is 647 g/mol. The minimum absolute atomic E-state index is 0.101. The molecule has 18 heteroatoms. The average molecular weight is 648 g/mol. The highest BCUT2D eigenvalue weighted by atomic mass is 16.6. The van der Waals surface area contributed by atoms with E-state index < -0.39 is 114 Å². The largest absolute Gasteiger partial charge is 0.507 e. The van der Waals surface area contributed by atoms with Gasteiger partial charge in [0.2, 0.25) is 0 Å². The molecule has 0 fully saturated rings. The first-order valence-electron chi connectivity index (χ1n) is 13.3. The van der Waals surface area contributed by atoms with E-state index in [2.05, 4.69) is 10.0 Å². The molecule has 0 spiro atoms. The molecule has 1 aliphatic heterocycles. The number of azide groups is 1.